The van der Waals surface area contributed by atoms with E-state index in [9.17, 15) is 0 Å². The van der Waals surface area contributed by atoms with Crippen molar-refractivity contribution in [3.05, 3.63) is 59.8 Å². The minimum Gasteiger partial charge on any atom is -0.348 e. The van der Waals surface area contributed by atoms with E-state index in [1.54, 1.807) is 0 Å². The second-order valence-corrected chi connectivity index (χ2v) is 5.55. The van der Waals surface area contributed by atoms with Crippen LogP contribution >= 0.6 is 0 Å². The van der Waals surface area contributed by atoms with Gasteiger partial charge in [-0.3, -0.25) is 0 Å². The van der Waals surface area contributed by atoms with Crippen LogP contribution in [0.15, 0.2) is 54.3 Å². The molecule has 1 aliphatic rings. The number of hydrogen-bond donors (Lipinski definition) is 1. The summed E-state index contributed by atoms with van der Waals surface area (Å²) >= 11 is 0. The summed E-state index contributed by atoms with van der Waals surface area (Å²) in [4.78, 5) is 11.3. The van der Waals surface area contributed by atoms with Gasteiger partial charge < -0.3 is 10.2 Å². The highest BCUT2D eigenvalue weighted by molar-refractivity contribution is 5.69. The third-order valence-electron chi connectivity index (χ3n) is 3.47. The van der Waals surface area contributed by atoms with Crippen molar-refractivity contribution in [3.63, 3.8) is 0 Å². The Morgan fingerprint density at radius 1 is 1.27 bits per heavy atom. The number of anilines is 3. The van der Waals surface area contributed by atoms with Gasteiger partial charge in [-0.2, -0.15) is 4.98 Å². The molecular formula is C18H20N4. The Labute approximate surface area is 131 Å². The van der Waals surface area contributed by atoms with E-state index in [1.165, 1.54) is 5.57 Å². The number of allylic oxidation sites excluding steroid dienone is 1. The predicted molar refractivity (Wildman–Crippen MR) is 92.4 cm³/mol. The molecule has 2 heterocycles. The first-order valence-electron chi connectivity index (χ1n) is 7.46. The molecule has 112 valence electrons. The van der Waals surface area contributed by atoms with Gasteiger partial charge in [-0.25, -0.2) is 4.98 Å². The Bertz CT molecular complexity index is 700. The van der Waals surface area contributed by atoms with Crippen LogP contribution in [0.1, 0.15) is 19.4 Å². The summed E-state index contributed by atoms with van der Waals surface area (Å²) in [5.41, 5.74) is 3.37. The van der Waals surface area contributed by atoms with Gasteiger partial charge in [-0.15, -0.1) is 0 Å². The van der Waals surface area contributed by atoms with E-state index >= 15 is 0 Å². The lowest BCUT2D eigenvalue weighted by Gasteiger charge is -2.26. The molecule has 0 saturated carbocycles. The molecule has 0 radical (unpaired) electrons. The molecule has 2 aromatic rings. The van der Waals surface area contributed by atoms with E-state index < -0.39 is 0 Å². The van der Waals surface area contributed by atoms with E-state index in [-0.39, 0.29) is 0 Å². The molecule has 1 aromatic carbocycles. The minimum absolute atomic E-state index is 0.627. The van der Waals surface area contributed by atoms with E-state index in [2.05, 4.69) is 47.3 Å². The monoisotopic (exact) mass is 292 g/mol. The number of aromatic nitrogens is 2. The van der Waals surface area contributed by atoms with Crippen molar-refractivity contribution < 1.29 is 0 Å². The molecule has 0 amide bonds. The van der Waals surface area contributed by atoms with Crippen LogP contribution in [0.25, 0.3) is 6.08 Å². The number of hydrogen-bond acceptors (Lipinski definition) is 4. The zero-order valence-electron chi connectivity index (χ0n) is 13.0. The van der Waals surface area contributed by atoms with Crippen LogP contribution < -0.4 is 10.2 Å². The Morgan fingerprint density at radius 3 is 2.86 bits per heavy atom. The number of rotatable bonds is 4. The Kier molecular flexibility index (Phi) is 4.19. The molecule has 0 aliphatic carbocycles. The summed E-state index contributed by atoms with van der Waals surface area (Å²) < 4.78 is 0. The zero-order chi connectivity index (χ0) is 15.4. The number of para-hydroxylation sites is 1. The smallest absolute Gasteiger partial charge is 0.229 e. The topological polar surface area (TPSA) is 41.1 Å². The molecule has 0 unspecified atom stereocenters. The van der Waals surface area contributed by atoms with Gasteiger partial charge in [-0.1, -0.05) is 42.0 Å². The molecule has 22 heavy (non-hydrogen) atoms. The summed E-state index contributed by atoms with van der Waals surface area (Å²) in [5.74, 6) is 1.61. The fourth-order valence-electron chi connectivity index (χ4n) is 2.31. The Morgan fingerprint density at radius 2 is 2.09 bits per heavy atom. The van der Waals surface area contributed by atoms with Crippen LogP contribution in [-0.2, 0) is 0 Å². The van der Waals surface area contributed by atoms with Crippen LogP contribution in [0.4, 0.5) is 17.5 Å². The van der Waals surface area contributed by atoms with E-state index in [4.69, 9.17) is 4.98 Å². The van der Waals surface area contributed by atoms with Crippen LogP contribution in [0.5, 0.6) is 0 Å². The van der Waals surface area contributed by atoms with Gasteiger partial charge in [0.15, 0.2) is 0 Å². The van der Waals surface area contributed by atoms with Crippen LogP contribution in [-0.4, -0.2) is 23.1 Å². The van der Waals surface area contributed by atoms with Crippen LogP contribution in [0, 0.1) is 0 Å². The lowest BCUT2D eigenvalue weighted by Crippen LogP contribution is -2.27. The molecule has 0 fully saturated rings. The lowest BCUT2D eigenvalue weighted by atomic mass is 10.2. The highest BCUT2D eigenvalue weighted by Gasteiger charge is 2.15. The molecule has 4 heteroatoms. The van der Waals surface area contributed by atoms with Gasteiger partial charge in [0.05, 0.1) is 0 Å². The summed E-state index contributed by atoms with van der Waals surface area (Å²) in [6, 6.07) is 9.98. The number of fused-ring (bicyclic) bond motifs is 1. The molecule has 1 aliphatic heterocycles. The maximum absolute atomic E-state index is 4.69. The average molecular weight is 292 g/mol. The lowest BCUT2D eigenvalue weighted by molar-refractivity contribution is 0.902. The maximum atomic E-state index is 4.69. The second-order valence-electron chi connectivity index (χ2n) is 5.55. The van der Waals surface area contributed by atoms with Crippen molar-refractivity contribution in [2.75, 3.05) is 23.3 Å². The summed E-state index contributed by atoms with van der Waals surface area (Å²) in [7, 11) is 0. The standard InChI is InChI=1S/C18H20N4/c1-14(2)10-12-22-11-6-7-15-13-19-18(21-17(15)22)20-16-8-4-3-5-9-16/h3-10,13H,11-12H2,1-2H3,(H,19,20,21). The molecule has 1 aromatic heterocycles. The van der Waals surface area contributed by atoms with Gasteiger partial charge >= 0.3 is 0 Å². The summed E-state index contributed by atoms with van der Waals surface area (Å²) in [6.45, 7) is 5.96. The highest BCUT2D eigenvalue weighted by atomic mass is 15.2. The van der Waals surface area contributed by atoms with Crippen molar-refractivity contribution in [2.24, 2.45) is 0 Å². The molecule has 4 nitrogen and oxygen atoms in total. The van der Waals surface area contributed by atoms with E-state index in [0.717, 1.165) is 30.2 Å². The van der Waals surface area contributed by atoms with Crippen molar-refractivity contribution in [1.29, 1.82) is 0 Å². The summed E-state index contributed by atoms with van der Waals surface area (Å²) in [5, 5.41) is 3.25. The SMILES string of the molecule is CC(C)=CCN1CC=Cc2cnc(Nc3ccccc3)nc21. The van der Waals surface area contributed by atoms with Crippen molar-refractivity contribution in [2.45, 2.75) is 13.8 Å². The molecular weight excluding hydrogens is 272 g/mol. The van der Waals surface area contributed by atoms with Crippen molar-refractivity contribution >= 4 is 23.5 Å². The van der Waals surface area contributed by atoms with Gasteiger partial charge in [0.1, 0.15) is 5.82 Å². The number of benzene rings is 1. The predicted octanol–water partition coefficient (Wildman–Crippen LogP) is 4.02. The molecule has 0 saturated heterocycles. The number of nitrogens with zero attached hydrogens (tertiary/aromatic N) is 3. The fraction of sp³-hybridized carbons (Fsp3) is 0.222. The summed E-state index contributed by atoms with van der Waals surface area (Å²) in [6.07, 6.45) is 8.32. The Balaban J connectivity index is 1.85. The van der Waals surface area contributed by atoms with Gasteiger partial charge in [0.25, 0.3) is 0 Å². The second kappa shape index (κ2) is 6.43. The number of nitrogens with one attached hydrogen (secondary N) is 1. The van der Waals surface area contributed by atoms with E-state index in [0.29, 0.717) is 5.95 Å². The minimum atomic E-state index is 0.627. The average Bonchev–Trinajstić information content (AvgIpc) is 2.54. The molecule has 0 bridgehead atoms. The normalized spacial score (nSPS) is 12.7. The van der Waals surface area contributed by atoms with Crippen LogP contribution in [0.2, 0.25) is 0 Å². The molecule has 3 rings (SSSR count). The van der Waals surface area contributed by atoms with Crippen molar-refractivity contribution in [1.82, 2.24) is 9.97 Å². The third-order valence-corrected chi connectivity index (χ3v) is 3.47. The first kappa shape index (κ1) is 14.3. The molecule has 0 spiro atoms. The first-order valence-corrected chi connectivity index (χ1v) is 7.46. The highest BCUT2D eigenvalue weighted by Crippen LogP contribution is 2.25. The fourth-order valence-corrected chi connectivity index (χ4v) is 2.31. The van der Waals surface area contributed by atoms with E-state index in [1.807, 2.05) is 36.5 Å². The van der Waals surface area contributed by atoms with Crippen molar-refractivity contribution in [3.8, 4) is 0 Å². The maximum Gasteiger partial charge on any atom is 0.229 e. The first-order chi connectivity index (χ1) is 10.7. The largest absolute Gasteiger partial charge is 0.348 e. The van der Waals surface area contributed by atoms with Gasteiger partial charge in [-0.05, 0) is 26.0 Å². The quantitative estimate of drug-likeness (QED) is 0.864. The zero-order valence-corrected chi connectivity index (χ0v) is 13.0. The third kappa shape index (κ3) is 3.34. The molecule has 0 atom stereocenters. The molecule has 1 N–H and O–H groups in total. The van der Waals surface area contributed by atoms with Gasteiger partial charge in [0, 0.05) is 30.5 Å². The van der Waals surface area contributed by atoms with Crippen LogP contribution in [0.3, 0.4) is 0 Å². The Hall–Kier alpha value is -2.62. The van der Waals surface area contributed by atoms with Gasteiger partial charge in [0.2, 0.25) is 5.95 Å².